The van der Waals surface area contributed by atoms with E-state index < -0.39 is 0 Å². The zero-order chi connectivity index (χ0) is 12.8. The van der Waals surface area contributed by atoms with Gasteiger partial charge in [-0.15, -0.1) is 0 Å². The van der Waals surface area contributed by atoms with E-state index in [-0.39, 0.29) is 5.41 Å². The summed E-state index contributed by atoms with van der Waals surface area (Å²) in [6, 6.07) is 14.6. The Balaban J connectivity index is 2.28. The van der Waals surface area contributed by atoms with E-state index in [4.69, 9.17) is 17.3 Å². The van der Waals surface area contributed by atoms with Gasteiger partial charge in [0.15, 0.2) is 0 Å². The van der Waals surface area contributed by atoms with Gasteiger partial charge in [0, 0.05) is 26.8 Å². The van der Waals surface area contributed by atoms with Gasteiger partial charge in [0.05, 0.1) is 0 Å². The maximum absolute atomic E-state index is 6.10. The van der Waals surface area contributed by atoms with Crippen molar-refractivity contribution in [2.45, 2.75) is 22.1 Å². The lowest BCUT2D eigenvalue weighted by molar-refractivity contribution is 0.557. The van der Waals surface area contributed by atoms with E-state index in [2.05, 4.69) is 37.3 Å². The summed E-state index contributed by atoms with van der Waals surface area (Å²) in [5, 5.41) is 0.778. The van der Waals surface area contributed by atoms with E-state index in [9.17, 15) is 0 Å². The van der Waals surface area contributed by atoms with Gasteiger partial charge in [-0.25, -0.2) is 0 Å². The lowest BCUT2D eigenvalue weighted by Crippen LogP contribution is -2.35. The number of halogens is 1. The summed E-state index contributed by atoms with van der Waals surface area (Å²) < 4.78 is 0. The zero-order valence-corrected chi connectivity index (χ0v) is 11.7. The van der Waals surface area contributed by atoms with Gasteiger partial charge in [-0.3, -0.25) is 0 Å². The Morgan fingerprint density at radius 1 is 1.11 bits per heavy atom. The van der Waals surface area contributed by atoms with Crippen LogP contribution in [-0.4, -0.2) is 6.54 Å². The third kappa shape index (κ3) is 1.68. The van der Waals surface area contributed by atoms with Crippen molar-refractivity contribution in [1.29, 1.82) is 0 Å². The Bertz CT molecular complexity index is 611. The van der Waals surface area contributed by atoms with Crippen LogP contribution in [-0.2, 0) is 5.41 Å². The molecule has 0 bridgehead atoms. The van der Waals surface area contributed by atoms with Crippen molar-refractivity contribution in [3.05, 3.63) is 58.6 Å². The highest BCUT2D eigenvalue weighted by atomic mass is 35.5. The molecular formula is C15H14ClNS. The molecule has 0 radical (unpaired) electrons. The summed E-state index contributed by atoms with van der Waals surface area (Å²) in [4.78, 5) is 2.49. The van der Waals surface area contributed by atoms with Crippen molar-refractivity contribution in [2.75, 3.05) is 6.54 Å². The average Bonchev–Trinajstić information content (AvgIpc) is 2.38. The van der Waals surface area contributed by atoms with Gasteiger partial charge in [0.1, 0.15) is 0 Å². The Hall–Kier alpha value is -0.960. The fraction of sp³-hybridized carbons (Fsp3) is 0.200. The Labute approximate surface area is 116 Å². The highest BCUT2D eigenvalue weighted by Gasteiger charge is 2.35. The van der Waals surface area contributed by atoms with Crippen molar-refractivity contribution in [3.63, 3.8) is 0 Å². The van der Waals surface area contributed by atoms with Crippen molar-refractivity contribution in [3.8, 4) is 0 Å². The molecule has 1 unspecified atom stereocenters. The van der Waals surface area contributed by atoms with Crippen LogP contribution in [0.5, 0.6) is 0 Å². The van der Waals surface area contributed by atoms with E-state index >= 15 is 0 Å². The number of hydrogen-bond acceptors (Lipinski definition) is 2. The third-order valence-corrected chi connectivity index (χ3v) is 5.02. The predicted molar refractivity (Wildman–Crippen MR) is 77.5 cm³/mol. The molecule has 1 aliphatic heterocycles. The fourth-order valence-electron chi connectivity index (χ4n) is 2.53. The number of hydrogen-bond donors (Lipinski definition) is 1. The summed E-state index contributed by atoms with van der Waals surface area (Å²) in [6.45, 7) is 2.80. The molecule has 2 aromatic carbocycles. The summed E-state index contributed by atoms with van der Waals surface area (Å²) >= 11 is 7.87. The van der Waals surface area contributed by atoms with Crippen LogP contribution in [0, 0.1) is 0 Å². The Morgan fingerprint density at radius 2 is 1.83 bits per heavy atom. The summed E-state index contributed by atoms with van der Waals surface area (Å²) in [6.07, 6.45) is 0. The first-order chi connectivity index (χ1) is 8.65. The monoisotopic (exact) mass is 275 g/mol. The second-order valence-corrected chi connectivity index (χ2v) is 6.30. The molecule has 1 heterocycles. The van der Waals surface area contributed by atoms with Crippen LogP contribution in [0.4, 0.5) is 0 Å². The van der Waals surface area contributed by atoms with Crippen LogP contribution in [0.3, 0.4) is 0 Å². The molecule has 1 aliphatic rings. The van der Waals surface area contributed by atoms with Crippen molar-refractivity contribution in [1.82, 2.24) is 0 Å². The summed E-state index contributed by atoms with van der Waals surface area (Å²) in [5.41, 5.74) is 8.53. The smallest absolute Gasteiger partial charge is 0.0417 e. The Morgan fingerprint density at radius 3 is 2.61 bits per heavy atom. The van der Waals surface area contributed by atoms with Crippen molar-refractivity contribution in [2.24, 2.45) is 5.73 Å². The average molecular weight is 276 g/mol. The lowest BCUT2D eigenvalue weighted by Gasteiger charge is -2.36. The lowest BCUT2D eigenvalue weighted by atomic mass is 9.76. The maximum Gasteiger partial charge on any atom is 0.0417 e. The second kappa shape index (κ2) is 4.30. The normalized spacial score (nSPS) is 21.3. The Kier molecular flexibility index (Phi) is 2.89. The van der Waals surface area contributed by atoms with Gasteiger partial charge in [0.2, 0.25) is 0 Å². The molecule has 3 heteroatoms. The van der Waals surface area contributed by atoms with Gasteiger partial charge >= 0.3 is 0 Å². The van der Waals surface area contributed by atoms with Crippen LogP contribution in [0.25, 0.3) is 0 Å². The standard InChI is InChI=1S/C15H14ClNS/c1-15(9-17)11-4-2-3-5-13(11)18-14-8-10(16)6-7-12(14)15/h2-8H,9,17H2,1H3. The SMILES string of the molecule is CC1(CN)c2ccccc2Sc2cc(Cl)ccc21. The molecule has 0 spiro atoms. The minimum atomic E-state index is -0.123. The number of nitrogens with two attached hydrogens (primary N) is 1. The molecular weight excluding hydrogens is 262 g/mol. The molecule has 2 aromatic rings. The van der Waals surface area contributed by atoms with E-state index in [1.807, 2.05) is 12.1 Å². The molecule has 3 rings (SSSR count). The molecule has 92 valence electrons. The fourth-order valence-corrected chi connectivity index (χ4v) is 4.14. The largest absolute Gasteiger partial charge is 0.329 e. The highest BCUT2D eigenvalue weighted by molar-refractivity contribution is 7.99. The molecule has 0 saturated carbocycles. The highest BCUT2D eigenvalue weighted by Crippen LogP contribution is 2.49. The van der Waals surface area contributed by atoms with Crippen molar-refractivity contribution < 1.29 is 0 Å². The molecule has 1 atom stereocenters. The first-order valence-corrected chi connectivity index (χ1v) is 7.12. The zero-order valence-electron chi connectivity index (χ0n) is 10.1. The summed E-state index contributed by atoms with van der Waals surface area (Å²) in [5.74, 6) is 0. The van der Waals surface area contributed by atoms with E-state index in [1.165, 1.54) is 20.9 Å². The van der Waals surface area contributed by atoms with Gasteiger partial charge in [-0.05, 0) is 29.3 Å². The van der Waals surface area contributed by atoms with Gasteiger partial charge in [-0.2, -0.15) is 0 Å². The first-order valence-electron chi connectivity index (χ1n) is 5.92. The van der Waals surface area contributed by atoms with Crippen molar-refractivity contribution >= 4 is 23.4 Å². The molecule has 18 heavy (non-hydrogen) atoms. The first kappa shape index (κ1) is 12.1. The molecule has 0 aliphatic carbocycles. The molecule has 2 N–H and O–H groups in total. The van der Waals surface area contributed by atoms with Crippen LogP contribution < -0.4 is 5.73 Å². The van der Waals surface area contributed by atoms with Crippen LogP contribution in [0.2, 0.25) is 5.02 Å². The van der Waals surface area contributed by atoms with E-state index in [0.29, 0.717) is 6.54 Å². The minimum Gasteiger partial charge on any atom is -0.329 e. The molecule has 0 aromatic heterocycles. The second-order valence-electron chi connectivity index (χ2n) is 4.77. The molecule has 0 fully saturated rings. The van der Waals surface area contributed by atoms with E-state index in [1.54, 1.807) is 11.8 Å². The molecule has 0 amide bonds. The minimum absolute atomic E-state index is 0.123. The van der Waals surface area contributed by atoms with Crippen LogP contribution in [0.1, 0.15) is 18.1 Å². The van der Waals surface area contributed by atoms with Crippen LogP contribution in [0.15, 0.2) is 52.3 Å². The molecule has 0 saturated heterocycles. The van der Waals surface area contributed by atoms with Gasteiger partial charge in [0.25, 0.3) is 0 Å². The third-order valence-electron chi connectivity index (χ3n) is 3.65. The predicted octanol–water partition coefficient (Wildman–Crippen LogP) is 4.07. The van der Waals surface area contributed by atoms with E-state index in [0.717, 1.165) is 5.02 Å². The summed E-state index contributed by atoms with van der Waals surface area (Å²) in [7, 11) is 0. The number of fused-ring (bicyclic) bond motifs is 2. The van der Waals surface area contributed by atoms with Gasteiger partial charge < -0.3 is 5.73 Å². The number of benzene rings is 2. The van der Waals surface area contributed by atoms with Gasteiger partial charge in [-0.1, -0.05) is 54.6 Å². The van der Waals surface area contributed by atoms with Crippen LogP contribution >= 0.6 is 23.4 Å². The number of rotatable bonds is 1. The molecule has 1 nitrogen and oxygen atoms in total. The maximum atomic E-state index is 6.10. The topological polar surface area (TPSA) is 26.0 Å². The quantitative estimate of drug-likeness (QED) is 0.849.